The van der Waals surface area contributed by atoms with Gasteiger partial charge >= 0.3 is 6.18 Å². The predicted molar refractivity (Wildman–Crippen MR) is 87.3 cm³/mol. The van der Waals surface area contributed by atoms with Crippen LogP contribution in [0.5, 0.6) is 0 Å². The zero-order valence-electron chi connectivity index (χ0n) is 13.0. The van der Waals surface area contributed by atoms with Crippen LogP contribution in [0.4, 0.5) is 13.2 Å². The molecule has 2 rings (SSSR count). The van der Waals surface area contributed by atoms with Crippen LogP contribution in [0, 0.1) is 0 Å². The van der Waals surface area contributed by atoms with E-state index in [4.69, 9.17) is 11.6 Å². The number of amides is 1. The smallest absolute Gasteiger partial charge is 0.352 e. The molecule has 130 valence electrons. The molecule has 2 aromatic rings. The Kier molecular flexibility index (Phi) is 6.01. The van der Waals surface area contributed by atoms with Crippen LogP contribution in [0.15, 0.2) is 30.5 Å². The number of rotatable bonds is 6. The maximum absolute atomic E-state index is 12.3. The number of fused-ring (bicyclic) bond motifs is 1. The first-order chi connectivity index (χ1) is 11.3. The number of hydrogen-bond acceptors (Lipinski definition) is 3. The molecule has 1 amide bonds. The van der Waals surface area contributed by atoms with E-state index >= 15 is 0 Å². The highest BCUT2D eigenvalue weighted by atomic mass is 35.5. The summed E-state index contributed by atoms with van der Waals surface area (Å²) in [5.41, 5.74) is 0.885. The number of alkyl halides is 3. The lowest BCUT2D eigenvalue weighted by molar-refractivity contribution is -0.143. The molecule has 1 heterocycles. The van der Waals surface area contributed by atoms with Gasteiger partial charge in [-0.3, -0.25) is 14.7 Å². The van der Waals surface area contributed by atoms with E-state index in [2.05, 4.69) is 10.3 Å². The first kappa shape index (κ1) is 18.5. The van der Waals surface area contributed by atoms with E-state index in [1.54, 1.807) is 24.4 Å². The molecule has 0 aliphatic rings. The van der Waals surface area contributed by atoms with Crippen LogP contribution in [0.2, 0.25) is 5.02 Å². The Bertz CT molecular complexity index is 721. The van der Waals surface area contributed by atoms with Gasteiger partial charge in [-0.05, 0) is 38.2 Å². The van der Waals surface area contributed by atoms with Crippen molar-refractivity contribution in [1.82, 2.24) is 15.2 Å². The minimum absolute atomic E-state index is 0.230. The molecule has 0 spiro atoms. The molecule has 1 N–H and O–H groups in total. The molecule has 1 aromatic heterocycles. The number of pyridine rings is 1. The van der Waals surface area contributed by atoms with Gasteiger partial charge < -0.3 is 5.32 Å². The van der Waals surface area contributed by atoms with Gasteiger partial charge in [0.25, 0.3) is 5.91 Å². The zero-order chi connectivity index (χ0) is 17.7. The lowest BCUT2D eigenvalue weighted by Crippen LogP contribution is -2.33. The van der Waals surface area contributed by atoms with Crippen LogP contribution in [0.3, 0.4) is 0 Å². The summed E-state index contributed by atoms with van der Waals surface area (Å²) in [7, 11) is 1.39. The fourth-order valence-electron chi connectivity index (χ4n) is 2.36. The van der Waals surface area contributed by atoms with Gasteiger partial charge in [-0.25, -0.2) is 0 Å². The summed E-state index contributed by atoms with van der Waals surface area (Å²) < 4.78 is 36.7. The molecule has 0 bridgehead atoms. The van der Waals surface area contributed by atoms with E-state index < -0.39 is 12.7 Å². The van der Waals surface area contributed by atoms with Gasteiger partial charge in [0.15, 0.2) is 0 Å². The Morgan fingerprint density at radius 1 is 1.38 bits per heavy atom. The molecule has 0 radical (unpaired) electrons. The quantitative estimate of drug-likeness (QED) is 0.803. The minimum Gasteiger partial charge on any atom is -0.352 e. The van der Waals surface area contributed by atoms with Crippen molar-refractivity contribution in [3.8, 4) is 0 Å². The maximum Gasteiger partial charge on any atom is 0.401 e. The normalized spacial score (nSPS) is 11.9. The van der Waals surface area contributed by atoms with Crippen LogP contribution in [0.25, 0.3) is 10.9 Å². The second-order valence-electron chi connectivity index (χ2n) is 5.49. The number of nitrogens with one attached hydrogen (secondary N) is 1. The van der Waals surface area contributed by atoms with Gasteiger partial charge in [-0.15, -0.1) is 0 Å². The summed E-state index contributed by atoms with van der Waals surface area (Å²) in [4.78, 5) is 17.6. The van der Waals surface area contributed by atoms with Crippen molar-refractivity contribution in [1.29, 1.82) is 0 Å². The lowest BCUT2D eigenvalue weighted by Gasteiger charge is -2.18. The monoisotopic (exact) mass is 359 g/mol. The molecule has 1 aromatic carbocycles. The van der Waals surface area contributed by atoms with E-state index in [9.17, 15) is 18.0 Å². The Morgan fingerprint density at radius 3 is 2.83 bits per heavy atom. The van der Waals surface area contributed by atoms with Crippen molar-refractivity contribution < 1.29 is 18.0 Å². The Morgan fingerprint density at radius 2 is 2.12 bits per heavy atom. The number of carbonyl (C=O) groups is 1. The van der Waals surface area contributed by atoms with Crippen LogP contribution in [0.1, 0.15) is 16.8 Å². The first-order valence-electron chi connectivity index (χ1n) is 7.34. The molecule has 4 nitrogen and oxygen atoms in total. The van der Waals surface area contributed by atoms with E-state index in [0.717, 1.165) is 5.39 Å². The Balaban J connectivity index is 1.92. The lowest BCUT2D eigenvalue weighted by atomic mass is 10.1. The highest BCUT2D eigenvalue weighted by molar-refractivity contribution is 6.32. The molecule has 24 heavy (non-hydrogen) atoms. The average molecular weight is 360 g/mol. The molecule has 0 aliphatic heterocycles. The van der Waals surface area contributed by atoms with Gasteiger partial charge in [0, 0.05) is 23.2 Å². The average Bonchev–Trinajstić information content (AvgIpc) is 2.48. The van der Waals surface area contributed by atoms with Crippen LogP contribution >= 0.6 is 11.6 Å². The molecule has 0 atom stereocenters. The van der Waals surface area contributed by atoms with Gasteiger partial charge in [-0.2, -0.15) is 13.2 Å². The fraction of sp³-hybridized carbons (Fsp3) is 0.375. The van der Waals surface area contributed by atoms with Crippen molar-refractivity contribution in [2.24, 2.45) is 0 Å². The van der Waals surface area contributed by atoms with Crippen molar-refractivity contribution in [3.05, 3.63) is 41.0 Å². The second-order valence-corrected chi connectivity index (χ2v) is 5.93. The van der Waals surface area contributed by atoms with Crippen molar-refractivity contribution in [3.63, 3.8) is 0 Å². The molecular weight excluding hydrogens is 343 g/mol. The maximum atomic E-state index is 12.3. The highest BCUT2D eigenvalue weighted by Crippen LogP contribution is 2.22. The van der Waals surface area contributed by atoms with Gasteiger partial charge in [0.05, 0.1) is 17.6 Å². The predicted octanol–water partition coefficient (Wildman–Crippen LogP) is 3.50. The standard InChI is InChI=1S/C16H17ClF3N3O/c1-23(10-16(18,19)20)7-3-6-22-15(24)13-9-12(17)8-11-4-2-5-21-14(11)13/h2,4-5,8-9H,3,6-7,10H2,1H3,(H,22,24). The molecule has 0 saturated heterocycles. The third-order valence-corrected chi connectivity index (χ3v) is 3.58. The summed E-state index contributed by atoms with van der Waals surface area (Å²) in [5, 5.41) is 3.86. The van der Waals surface area contributed by atoms with Crippen molar-refractivity contribution in [2.45, 2.75) is 12.6 Å². The van der Waals surface area contributed by atoms with Crippen LogP contribution in [-0.4, -0.2) is 48.6 Å². The molecule has 8 heteroatoms. The number of halogens is 4. The molecule has 0 fully saturated rings. The molecule has 0 saturated carbocycles. The number of benzene rings is 1. The molecule has 0 aliphatic carbocycles. The summed E-state index contributed by atoms with van der Waals surface area (Å²) in [6.45, 7) is -0.472. The van der Waals surface area contributed by atoms with Crippen LogP contribution in [-0.2, 0) is 0 Å². The number of hydrogen-bond donors (Lipinski definition) is 1. The topological polar surface area (TPSA) is 45.2 Å². The largest absolute Gasteiger partial charge is 0.401 e. The summed E-state index contributed by atoms with van der Waals surface area (Å²) >= 11 is 6.01. The van der Waals surface area contributed by atoms with Gasteiger partial charge in [0.1, 0.15) is 0 Å². The molecular formula is C16H17ClF3N3O. The SMILES string of the molecule is CN(CCCNC(=O)c1cc(Cl)cc2cccnc12)CC(F)(F)F. The van der Waals surface area contributed by atoms with Crippen LogP contribution < -0.4 is 5.32 Å². The van der Waals surface area contributed by atoms with Crippen molar-refractivity contribution >= 4 is 28.4 Å². The number of aromatic nitrogens is 1. The summed E-state index contributed by atoms with van der Waals surface area (Å²) in [6.07, 6.45) is -2.23. The Labute approximate surface area is 142 Å². The third-order valence-electron chi connectivity index (χ3n) is 3.37. The minimum atomic E-state index is -4.22. The Hall–Kier alpha value is -1.86. The van der Waals surface area contributed by atoms with E-state index in [1.165, 1.54) is 18.0 Å². The van der Waals surface area contributed by atoms with E-state index in [-0.39, 0.29) is 19.0 Å². The van der Waals surface area contributed by atoms with Crippen molar-refractivity contribution in [2.75, 3.05) is 26.7 Å². The number of nitrogens with zero attached hydrogens (tertiary/aromatic N) is 2. The molecule has 0 unspecified atom stereocenters. The third kappa shape index (κ3) is 5.35. The first-order valence-corrected chi connectivity index (χ1v) is 7.72. The van der Waals surface area contributed by atoms with Gasteiger partial charge in [0.2, 0.25) is 0 Å². The number of carbonyl (C=O) groups excluding carboxylic acids is 1. The summed E-state index contributed by atoms with van der Waals surface area (Å²) in [6, 6.07) is 6.79. The highest BCUT2D eigenvalue weighted by Gasteiger charge is 2.28. The van der Waals surface area contributed by atoms with E-state index in [0.29, 0.717) is 22.5 Å². The van der Waals surface area contributed by atoms with E-state index in [1.807, 2.05) is 0 Å². The summed E-state index contributed by atoms with van der Waals surface area (Å²) in [5.74, 6) is -0.348. The van der Waals surface area contributed by atoms with Gasteiger partial charge in [-0.1, -0.05) is 17.7 Å². The fourth-order valence-corrected chi connectivity index (χ4v) is 2.59. The second kappa shape index (κ2) is 7.81. The zero-order valence-corrected chi connectivity index (χ0v) is 13.8.